The molecule has 2 aromatic heterocycles. The Balaban J connectivity index is 1.50. The van der Waals surface area contributed by atoms with Gasteiger partial charge in [-0.25, -0.2) is 4.98 Å². The van der Waals surface area contributed by atoms with E-state index >= 15 is 0 Å². The van der Waals surface area contributed by atoms with E-state index < -0.39 is 0 Å². The number of aryl methyl sites for hydroxylation is 1. The average Bonchev–Trinajstić information content (AvgIpc) is 3.21. The average molecular weight is 319 g/mol. The normalized spacial score (nSPS) is 18.3. The fourth-order valence-electron chi connectivity index (χ4n) is 2.96. The summed E-state index contributed by atoms with van der Waals surface area (Å²) in [5.74, 6) is 0.617. The third kappa shape index (κ3) is 3.39. The van der Waals surface area contributed by atoms with Gasteiger partial charge in [0.25, 0.3) is 5.91 Å². The van der Waals surface area contributed by atoms with Gasteiger partial charge in [0.05, 0.1) is 23.0 Å². The Kier molecular flexibility index (Phi) is 4.59. The summed E-state index contributed by atoms with van der Waals surface area (Å²) in [5, 5.41) is 0. The number of aromatic nitrogens is 1. The number of likely N-dealkylation sites (tertiary alicyclic amines) is 1. The summed E-state index contributed by atoms with van der Waals surface area (Å²) in [5.41, 5.74) is 3.67. The van der Waals surface area contributed by atoms with E-state index in [2.05, 4.69) is 23.9 Å². The van der Waals surface area contributed by atoms with Crippen molar-refractivity contribution in [1.82, 2.24) is 14.8 Å². The predicted molar refractivity (Wildman–Crippen MR) is 85.9 cm³/mol. The topological polar surface area (TPSA) is 49.6 Å². The van der Waals surface area contributed by atoms with Crippen molar-refractivity contribution >= 4 is 17.2 Å². The molecule has 0 radical (unpaired) electrons. The first kappa shape index (κ1) is 15.2. The highest BCUT2D eigenvalue weighted by molar-refractivity contribution is 7.09. The van der Waals surface area contributed by atoms with E-state index in [4.69, 9.17) is 4.42 Å². The summed E-state index contributed by atoms with van der Waals surface area (Å²) in [6.07, 6.45) is 4.13. The van der Waals surface area contributed by atoms with Crippen LogP contribution in [-0.2, 0) is 6.54 Å². The molecule has 1 fully saturated rings. The maximum atomic E-state index is 12.3. The van der Waals surface area contributed by atoms with Gasteiger partial charge in [-0.05, 0) is 32.4 Å². The molecule has 0 saturated carbocycles. The molecule has 5 nitrogen and oxygen atoms in total. The standard InChI is InChI=1S/C16H21N3O2S/c1-12-15(22-11-17-12)9-18(2)7-13-3-5-19(8-13)16(20)14-4-6-21-10-14/h4,6,10-11,13H,3,5,7-9H2,1-2H3/t13-/m0/s1. The molecule has 1 saturated heterocycles. The predicted octanol–water partition coefficient (Wildman–Crippen LogP) is 2.64. The van der Waals surface area contributed by atoms with Crippen LogP contribution in [0.5, 0.6) is 0 Å². The smallest absolute Gasteiger partial charge is 0.257 e. The van der Waals surface area contributed by atoms with Crippen LogP contribution in [0.15, 0.2) is 28.5 Å². The van der Waals surface area contributed by atoms with Gasteiger partial charge in [0.1, 0.15) is 6.26 Å². The Morgan fingerprint density at radius 1 is 1.59 bits per heavy atom. The molecule has 6 heteroatoms. The molecular weight excluding hydrogens is 298 g/mol. The maximum absolute atomic E-state index is 12.3. The molecule has 2 aromatic rings. The van der Waals surface area contributed by atoms with Crippen LogP contribution in [-0.4, -0.2) is 47.4 Å². The third-order valence-electron chi connectivity index (χ3n) is 4.17. The fourth-order valence-corrected chi connectivity index (χ4v) is 3.82. The van der Waals surface area contributed by atoms with Crippen molar-refractivity contribution in [2.45, 2.75) is 19.9 Å². The van der Waals surface area contributed by atoms with Crippen molar-refractivity contribution < 1.29 is 9.21 Å². The number of hydrogen-bond donors (Lipinski definition) is 0. The van der Waals surface area contributed by atoms with E-state index in [0.29, 0.717) is 11.5 Å². The Morgan fingerprint density at radius 3 is 3.14 bits per heavy atom. The van der Waals surface area contributed by atoms with Crippen LogP contribution in [0.25, 0.3) is 0 Å². The molecule has 0 aromatic carbocycles. The summed E-state index contributed by atoms with van der Waals surface area (Å²) in [4.78, 5) is 22.2. The van der Waals surface area contributed by atoms with Crippen LogP contribution in [0.3, 0.4) is 0 Å². The van der Waals surface area contributed by atoms with Gasteiger partial charge >= 0.3 is 0 Å². The van der Waals surface area contributed by atoms with Gasteiger partial charge in [0.15, 0.2) is 0 Å². The number of carbonyl (C=O) groups is 1. The number of rotatable bonds is 5. The summed E-state index contributed by atoms with van der Waals surface area (Å²) in [6, 6.07) is 1.73. The van der Waals surface area contributed by atoms with E-state index in [1.807, 2.05) is 10.4 Å². The quantitative estimate of drug-likeness (QED) is 0.850. The lowest BCUT2D eigenvalue weighted by Gasteiger charge is -2.21. The molecule has 0 spiro atoms. The zero-order valence-electron chi connectivity index (χ0n) is 13.0. The lowest BCUT2D eigenvalue weighted by molar-refractivity contribution is 0.0783. The number of thiazole rings is 1. The highest BCUT2D eigenvalue weighted by Gasteiger charge is 2.28. The SMILES string of the molecule is Cc1ncsc1CN(C)C[C@@H]1CCN(C(=O)c2ccoc2)C1. The first-order chi connectivity index (χ1) is 10.6. The Morgan fingerprint density at radius 2 is 2.45 bits per heavy atom. The Bertz CT molecular complexity index is 623. The molecule has 1 aliphatic rings. The minimum Gasteiger partial charge on any atom is -0.472 e. The zero-order chi connectivity index (χ0) is 15.5. The van der Waals surface area contributed by atoms with Crippen LogP contribution < -0.4 is 0 Å². The summed E-state index contributed by atoms with van der Waals surface area (Å²) < 4.78 is 5.00. The number of hydrogen-bond acceptors (Lipinski definition) is 5. The van der Waals surface area contributed by atoms with Crippen molar-refractivity contribution in [3.05, 3.63) is 40.2 Å². The molecule has 0 aliphatic carbocycles. The first-order valence-electron chi connectivity index (χ1n) is 7.52. The molecular formula is C16H21N3O2S. The molecule has 3 rings (SSSR count). The van der Waals surface area contributed by atoms with Crippen LogP contribution in [0.2, 0.25) is 0 Å². The Hall–Kier alpha value is -1.66. The molecule has 1 aliphatic heterocycles. The van der Waals surface area contributed by atoms with Gasteiger partial charge in [-0.2, -0.15) is 0 Å². The molecule has 1 atom stereocenters. The largest absolute Gasteiger partial charge is 0.472 e. The monoisotopic (exact) mass is 319 g/mol. The zero-order valence-corrected chi connectivity index (χ0v) is 13.8. The maximum Gasteiger partial charge on any atom is 0.257 e. The van der Waals surface area contributed by atoms with Crippen LogP contribution in [0.1, 0.15) is 27.3 Å². The van der Waals surface area contributed by atoms with Gasteiger partial charge < -0.3 is 14.2 Å². The number of nitrogens with zero attached hydrogens (tertiary/aromatic N) is 3. The number of furan rings is 1. The van der Waals surface area contributed by atoms with E-state index in [9.17, 15) is 4.79 Å². The van der Waals surface area contributed by atoms with E-state index in [1.165, 1.54) is 11.1 Å². The molecule has 0 unspecified atom stereocenters. The summed E-state index contributed by atoms with van der Waals surface area (Å²) >= 11 is 1.71. The second kappa shape index (κ2) is 6.62. The molecule has 0 bridgehead atoms. The van der Waals surface area contributed by atoms with Crippen LogP contribution >= 0.6 is 11.3 Å². The minimum atomic E-state index is 0.0807. The second-order valence-corrected chi connectivity index (χ2v) is 6.91. The van der Waals surface area contributed by atoms with Gasteiger partial charge in [-0.15, -0.1) is 11.3 Å². The van der Waals surface area contributed by atoms with Crippen molar-refractivity contribution in [2.75, 3.05) is 26.7 Å². The summed E-state index contributed by atoms with van der Waals surface area (Å²) in [7, 11) is 2.14. The Labute approximate surface area is 134 Å². The molecule has 22 heavy (non-hydrogen) atoms. The van der Waals surface area contributed by atoms with Crippen molar-refractivity contribution in [3.8, 4) is 0 Å². The molecule has 118 valence electrons. The molecule has 0 N–H and O–H groups in total. The van der Waals surface area contributed by atoms with Gasteiger partial charge in [-0.3, -0.25) is 4.79 Å². The second-order valence-electron chi connectivity index (χ2n) is 5.98. The van der Waals surface area contributed by atoms with E-state index in [-0.39, 0.29) is 5.91 Å². The fraction of sp³-hybridized carbons (Fsp3) is 0.500. The van der Waals surface area contributed by atoms with E-state index in [0.717, 1.165) is 38.3 Å². The minimum absolute atomic E-state index is 0.0807. The number of carbonyl (C=O) groups excluding carboxylic acids is 1. The van der Waals surface area contributed by atoms with Crippen molar-refractivity contribution in [2.24, 2.45) is 5.92 Å². The van der Waals surface area contributed by atoms with Gasteiger partial charge in [-0.1, -0.05) is 0 Å². The molecule has 1 amide bonds. The van der Waals surface area contributed by atoms with Crippen molar-refractivity contribution in [3.63, 3.8) is 0 Å². The summed E-state index contributed by atoms with van der Waals surface area (Å²) in [6.45, 7) is 5.66. The number of amides is 1. The third-order valence-corrected chi connectivity index (χ3v) is 5.09. The van der Waals surface area contributed by atoms with Gasteiger partial charge in [0, 0.05) is 31.1 Å². The highest BCUT2D eigenvalue weighted by atomic mass is 32.1. The lowest BCUT2D eigenvalue weighted by Crippen LogP contribution is -2.31. The van der Waals surface area contributed by atoms with Crippen molar-refractivity contribution in [1.29, 1.82) is 0 Å². The molecule has 3 heterocycles. The highest BCUT2D eigenvalue weighted by Crippen LogP contribution is 2.21. The first-order valence-corrected chi connectivity index (χ1v) is 8.40. The van der Waals surface area contributed by atoms with Gasteiger partial charge in [0.2, 0.25) is 0 Å². The lowest BCUT2D eigenvalue weighted by atomic mass is 10.1. The van der Waals surface area contributed by atoms with Crippen LogP contribution in [0, 0.1) is 12.8 Å². The van der Waals surface area contributed by atoms with Crippen LogP contribution in [0.4, 0.5) is 0 Å². The van der Waals surface area contributed by atoms with E-state index in [1.54, 1.807) is 23.7 Å².